The number of carbonyl (C=O) groups excluding carboxylic acids is 1. The van der Waals surface area contributed by atoms with Crippen LogP contribution >= 0.6 is 15.9 Å². The number of ether oxygens (including phenoxy) is 1. The molecule has 9 heteroatoms. The van der Waals surface area contributed by atoms with E-state index in [-0.39, 0.29) is 17.3 Å². The molecule has 0 aliphatic rings. The summed E-state index contributed by atoms with van der Waals surface area (Å²) in [6.07, 6.45) is 1.41. The Bertz CT molecular complexity index is 1150. The monoisotopic (exact) mass is 489 g/mol. The van der Waals surface area contributed by atoms with Crippen molar-refractivity contribution < 1.29 is 17.9 Å². The number of carbonyl (C=O) groups is 1. The lowest BCUT2D eigenvalue weighted by molar-refractivity contribution is 0.0950. The van der Waals surface area contributed by atoms with E-state index in [9.17, 15) is 13.2 Å². The summed E-state index contributed by atoms with van der Waals surface area (Å²) in [5.74, 6) is 0.605. The van der Waals surface area contributed by atoms with Crippen LogP contribution in [0.2, 0.25) is 0 Å². The SMILES string of the molecule is CN(C)S(=O)(=O)c1ccccc1CNC(=O)c1ccc(Oc2cccc(Br)c2)nc1. The molecule has 1 amide bonds. The molecule has 0 aliphatic heterocycles. The number of nitrogens with zero attached hydrogens (tertiary/aromatic N) is 2. The first kappa shape index (κ1) is 21.9. The normalized spacial score (nSPS) is 11.3. The largest absolute Gasteiger partial charge is 0.439 e. The molecule has 3 rings (SSSR count). The highest BCUT2D eigenvalue weighted by Gasteiger charge is 2.21. The summed E-state index contributed by atoms with van der Waals surface area (Å²) in [5.41, 5.74) is 0.839. The summed E-state index contributed by atoms with van der Waals surface area (Å²) in [6.45, 7) is 0.0678. The lowest BCUT2D eigenvalue weighted by Crippen LogP contribution is -2.27. The maximum atomic E-state index is 12.5. The zero-order valence-corrected chi connectivity index (χ0v) is 18.8. The highest BCUT2D eigenvalue weighted by atomic mass is 79.9. The zero-order valence-electron chi connectivity index (χ0n) is 16.4. The fourth-order valence-electron chi connectivity index (χ4n) is 2.60. The number of halogens is 1. The van der Waals surface area contributed by atoms with Gasteiger partial charge in [0.1, 0.15) is 5.75 Å². The van der Waals surface area contributed by atoms with Gasteiger partial charge in [0.25, 0.3) is 5.91 Å². The van der Waals surface area contributed by atoms with Crippen LogP contribution in [-0.4, -0.2) is 37.7 Å². The Morgan fingerprint density at radius 2 is 1.87 bits per heavy atom. The van der Waals surface area contributed by atoms with Gasteiger partial charge in [-0.15, -0.1) is 0 Å². The molecule has 0 atom stereocenters. The van der Waals surface area contributed by atoms with E-state index >= 15 is 0 Å². The number of nitrogens with one attached hydrogen (secondary N) is 1. The minimum absolute atomic E-state index is 0.0678. The van der Waals surface area contributed by atoms with Crippen LogP contribution in [-0.2, 0) is 16.6 Å². The van der Waals surface area contributed by atoms with Crippen molar-refractivity contribution >= 4 is 31.9 Å². The van der Waals surface area contributed by atoms with E-state index in [1.807, 2.05) is 18.2 Å². The summed E-state index contributed by atoms with van der Waals surface area (Å²) in [5, 5.41) is 2.73. The minimum atomic E-state index is -3.61. The molecule has 30 heavy (non-hydrogen) atoms. The molecule has 1 N–H and O–H groups in total. The smallest absolute Gasteiger partial charge is 0.253 e. The van der Waals surface area contributed by atoms with Crippen molar-refractivity contribution in [2.75, 3.05) is 14.1 Å². The number of pyridine rings is 1. The van der Waals surface area contributed by atoms with Crippen LogP contribution in [0, 0.1) is 0 Å². The van der Waals surface area contributed by atoms with Crippen LogP contribution in [0.5, 0.6) is 11.6 Å². The zero-order chi connectivity index (χ0) is 21.7. The Kier molecular flexibility index (Phi) is 6.86. The summed E-state index contributed by atoms with van der Waals surface area (Å²) in [4.78, 5) is 16.8. The lowest BCUT2D eigenvalue weighted by atomic mass is 10.2. The summed E-state index contributed by atoms with van der Waals surface area (Å²) >= 11 is 3.37. The number of rotatable bonds is 7. The van der Waals surface area contributed by atoms with Gasteiger partial charge in [0.05, 0.1) is 10.5 Å². The van der Waals surface area contributed by atoms with Crippen molar-refractivity contribution in [2.24, 2.45) is 0 Å². The van der Waals surface area contributed by atoms with E-state index in [0.717, 1.165) is 8.78 Å². The molecule has 1 aromatic heterocycles. The molecule has 0 radical (unpaired) electrons. The Balaban J connectivity index is 1.68. The van der Waals surface area contributed by atoms with Crippen LogP contribution in [0.15, 0.2) is 76.2 Å². The van der Waals surface area contributed by atoms with Gasteiger partial charge in [0, 0.05) is 37.4 Å². The predicted octanol–water partition coefficient (Wildman–Crippen LogP) is 3.82. The van der Waals surface area contributed by atoms with Gasteiger partial charge in [-0.1, -0.05) is 40.2 Å². The first-order chi connectivity index (χ1) is 14.3. The second kappa shape index (κ2) is 9.38. The maximum Gasteiger partial charge on any atom is 0.253 e. The van der Waals surface area contributed by atoms with E-state index in [1.54, 1.807) is 36.4 Å². The Morgan fingerprint density at radius 3 is 2.53 bits per heavy atom. The van der Waals surface area contributed by atoms with Gasteiger partial charge in [-0.05, 0) is 35.9 Å². The minimum Gasteiger partial charge on any atom is -0.439 e. The average molecular weight is 490 g/mol. The second-order valence-electron chi connectivity index (χ2n) is 6.52. The third-order valence-corrected chi connectivity index (χ3v) is 6.60. The summed E-state index contributed by atoms with van der Waals surface area (Å²) < 4.78 is 32.6. The van der Waals surface area contributed by atoms with E-state index in [4.69, 9.17) is 4.74 Å². The van der Waals surface area contributed by atoms with Crippen molar-refractivity contribution in [3.63, 3.8) is 0 Å². The molecule has 0 aliphatic carbocycles. The van der Waals surface area contributed by atoms with E-state index in [1.165, 1.54) is 26.4 Å². The molecule has 2 aromatic carbocycles. The fraction of sp³-hybridized carbons (Fsp3) is 0.143. The topological polar surface area (TPSA) is 88.6 Å². The molecule has 0 bridgehead atoms. The van der Waals surface area contributed by atoms with Gasteiger partial charge in [-0.25, -0.2) is 17.7 Å². The highest BCUT2D eigenvalue weighted by molar-refractivity contribution is 9.10. The quantitative estimate of drug-likeness (QED) is 0.544. The summed E-state index contributed by atoms with van der Waals surface area (Å²) in [7, 11) is -0.676. The highest BCUT2D eigenvalue weighted by Crippen LogP contribution is 2.23. The number of hydrogen-bond acceptors (Lipinski definition) is 5. The van der Waals surface area contributed by atoms with Gasteiger partial charge in [0.15, 0.2) is 0 Å². The summed E-state index contributed by atoms with van der Waals surface area (Å²) in [6, 6.07) is 17.1. The number of aromatic nitrogens is 1. The van der Waals surface area contributed by atoms with Crippen LogP contribution < -0.4 is 10.1 Å². The lowest BCUT2D eigenvalue weighted by Gasteiger charge is -2.15. The van der Waals surface area contributed by atoms with Gasteiger partial charge in [-0.2, -0.15) is 0 Å². The maximum absolute atomic E-state index is 12.5. The van der Waals surface area contributed by atoms with Gasteiger partial charge < -0.3 is 10.1 Å². The Labute approximate surface area is 183 Å². The Morgan fingerprint density at radius 1 is 1.10 bits per heavy atom. The van der Waals surface area contributed by atoms with Crippen molar-refractivity contribution in [1.29, 1.82) is 0 Å². The van der Waals surface area contributed by atoms with Gasteiger partial charge in [0.2, 0.25) is 15.9 Å². The molecule has 3 aromatic rings. The van der Waals surface area contributed by atoms with Crippen LogP contribution in [0.1, 0.15) is 15.9 Å². The number of amides is 1. The molecule has 156 valence electrons. The molecule has 0 saturated carbocycles. The number of hydrogen-bond donors (Lipinski definition) is 1. The Hall–Kier alpha value is -2.75. The number of benzene rings is 2. The van der Waals surface area contributed by atoms with Crippen LogP contribution in [0.4, 0.5) is 0 Å². The third-order valence-electron chi connectivity index (χ3n) is 4.19. The van der Waals surface area contributed by atoms with Crippen LogP contribution in [0.3, 0.4) is 0 Å². The van der Waals surface area contributed by atoms with Gasteiger partial charge in [-0.3, -0.25) is 4.79 Å². The van der Waals surface area contributed by atoms with E-state index < -0.39 is 10.0 Å². The first-order valence-corrected chi connectivity index (χ1v) is 11.2. The van der Waals surface area contributed by atoms with Crippen molar-refractivity contribution in [1.82, 2.24) is 14.6 Å². The molecule has 0 saturated heterocycles. The average Bonchev–Trinajstić information content (AvgIpc) is 2.72. The van der Waals surface area contributed by atoms with Gasteiger partial charge >= 0.3 is 0 Å². The molecular formula is C21H20BrN3O4S. The second-order valence-corrected chi connectivity index (χ2v) is 9.56. The number of sulfonamides is 1. The van der Waals surface area contributed by atoms with Crippen molar-refractivity contribution in [3.8, 4) is 11.6 Å². The third kappa shape index (κ3) is 5.24. The predicted molar refractivity (Wildman–Crippen MR) is 117 cm³/mol. The molecular weight excluding hydrogens is 470 g/mol. The standard InChI is InChI=1S/C21H20BrN3O4S/c1-25(2)30(27,28)19-9-4-3-6-15(19)13-24-21(26)16-10-11-20(23-14-16)29-18-8-5-7-17(22)12-18/h3-12,14H,13H2,1-2H3,(H,24,26). The molecule has 0 spiro atoms. The van der Waals surface area contributed by atoms with Crippen molar-refractivity contribution in [3.05, 3.63) is 82.5 Å². The molecule has 7 nitrogen and oxygen atoms in total. The molecule has 1 heterocycles. The fourth-order valence-corrected chi connectivity index (χ4v) is 4.10. The van der Waals surface area contributed by atoms with Crippen molar-refractivity contribution in [2.45, 2.75) is 11.4 Å². The molecule has 0 unspecified atom stereocenters. The van der Waals surface area contributed by atoms with E-state index in [2.05, 4.69) is 26.2 Å². The first-order valence-electron chi connectivity index (χ1n) is 8.95. The molecule has 0 fully saturated rings. The van der Waals surface area contributed by atoms with Crippen LogP contribution in [0.25, 0.3) is 0 Å². The van der Waals surface area contributed by atoms with E-state index in [0.29, 0.717) is 22.8 Å².